The van der Waals surface area contributed by atoms with Crippen molar-refractivity contribution in [3.05, 3.63) is 11.6 Å². The summed E-state index contributed by atoms with van der Waals surface area (Å²) in [6.07, 6.45) is 4.54. The highest BCUT2D eigenvalue weighted by atomic mass is 35.5. The summed E-state index contributed by atoms with van der Waals surface area (Å²) in [5.74, 6) is -0.636. The summed E-state index contributed by atoms with van der Waals surface area (Å²) in [6, 6.07) is 0. The summed E-state index contributed by atoms with van der Waals surface area (Å²) in [5, 5.41) is 2.12. The van der Waals surface area contributed by atoms with Crippen molar-refractivity contribution < 1.29 is 23.8 Å². The molecule has 3 aliphatic rings. The van der Waals surface area contributed by atoms with E-state index in [2.05, 4.69) is 32.2 Å². The zero-order chi connectivity index (χ0) is 18.2. The number of alkyl halides is 1. The lowest BCUT2D eigenvalue weighted by Gasteiger charge is -2.36. The zero-order valence-electron chi connectivity index (χ0n) is 15.0. The highest BCUT2D eigenvalue weighted by molar-refractivity contribution is 6.28. The van der Waals surface area contributed by atoms with Crippen LogP contribution in [-0.2, 0) is 19.0 Å². The Morgan fingerprint density at radius 2 is 2.12 bits per heavy atom. The molecule has 0 bridgehead atoms. The molecule has 3 fully saturated rings. The van der Waals surface area contributed by atoms with E-state index in [1.54, 1.807) is 0 Å². The predicted octanol–water partition coefficient (Wildman–Crippen LogP) is 2.93. The quantitative estimate of drug-likeness (QED) is 0.456. The number of allylic oxidation sites excluding steroid dienone is 1. The Balaban J connectivity index is 1.60. The van der Waals surface area contributed by atoms with Gasteiger partial charge in [-0.15, -0.1) is 11.6 Å². The minimum Gasteiger partial charge on any atom is -0.446 e. The standard InChI is InChI=1S/C18H26ClNO5/c1-11(2)4-5-14-17(3,25-14)13-8-12(6-7-18(13)10-23-18)24-16(22)20-15(21)9-19/h4,12-14H,5-10H2,1-3H3,(H,20,21,22)/t12-,13-,14-,17-,18+/m1/s1. The molecule has 1 aliphatic carbocycles. The molecule has 0 radical (unpaired) electrons. The average molecular weight is 372 g/mol. The molecule has 7 heteroatoms. The third-order valence-corrected chi connectivity index (χ3v) is 5.83. The van der Waals surface area contributed by atoms with Crippen molar-refractivity contribution in [2.45, 2.75) is 69.9 Å². The van der Waals surface area contributed by atoms with Crippen LogP contribution in [0.25, 0.3) is 0 Å². The highest BCUT2D eigenvalue weighted by Crippen LogP contribution is 2.59. The summed E-state index contributed by atoms with van der Waals surface area (Å²) in [6.45, 7) is 7.03. The van der Waals surface area contributed by atoms with Crippen LogP contribution >= 0.6 is 11.6 Å². The van der Waals surface area contributed by atoms with Gasteiger partial charge in [0.15, 0.2) is 0 Å². The van der Waals surface area contributed by atoms with Crippen molar-refractivity contribution >= 4 is 23.6 Å². The van der Waals surface area contributed by atoms with Gasteiger partial charge < -0.3 is 14.2 Å². The number of rotatable bonds is 5. The summed E-state index contributed by atoms with van der Waals surface area (Å²) in [7, 11) is 0. The molecule has 5 atom stereocenters. The van der Waals surface area contributed by atoms with Crippen LogP contribution in [0.5, 0.6) is 0 Å². The van der Waals surface area contributed by atoms with E-state index < -0.39 is 12.0 Å². The number of alkyl carbamates (subject to hydrolysis) is 1. The molecule has 25 heavy (non-hydrogen) atoms. The van der Waals surface area contributed by atoms with E-state index in [1.165, 1.54) is 5.57 Å². The Hall–Kier alpha value is -1.11. The largest absolute Gasteiger partial charge is 0.446 e. The number of carbonyl (C=O) groups excluding carboxylic acids is 2. The van der Waals surface area contributed by atoms with E-state index in [-0.39, 0.29) is 35.2 Å². The van der Waals surface area contributed by atoms with Crippen LogP contribution in [0.15, 0.2) is 11.6 Å². The molecule has 2 aliphatic heterocycles. The summed E-state index contributed by atoms with van der Waals surface area (Å²) in [4.78, 5) is 23.0. The molecular weight excluding hydrogens is 346 g/mol. The minimum atomic E-state index is -0.731. The van der Waals surface area contributed by atoms with E-state index >= 15 is 0 Å². The van der Waals surface area contributed by atoms with Gasteiger partial charge in [0, 0.05) is 5.92 Å². The fraction of sp³-hybridized carbons (Fsp3) is 0.778. The second-order valence-electron chi connectivity index (χ2n) is 7.70. The number of nitrogens with one attached hydrogen (secondary N) is 1. The normalized spacial score (nSPS) is 38.8. The number of imide groups is 1. The molecule has 0 aromatic rings. The third kappa shape index (κ3) is 4.01. The molecule has 2 saturated heterocycles. The molecule has 2 heterocycles. The van der Waals surface area contributed by atoms with Crippen LogP contribution in [0.4, 0.5) is 4.79 Å². The van der Waals surface area contributed by atoms with Crippen molar-refractivity contribution in [1.29, 1.82) is 0 Å². The van der Waals surface area contributed by atoms with Crippen LogP contribution in [0, 0.1) is 5.92 Å². The molecule has 1 N–H and O–H groups in total. The highest BCUT2D eigenvalue weighted by Gasteiger charge is 2.68. The monoisotopic (exact) mass is 371 g/mol. The number of epoxide rings is 2. The van der Waals surface area contributed by atoms with Gasteiger partial charge in [0.1, 0.15) is 12.0 Å². The number of halogens is 1. The predicted molar refractivity (Wildman–Crippen MR) is 92.5 cm³/mol. The molecule has 0 unspecified atom stereocenters. The topological polar surface area (TPSA) is 80.5 Å². The van der Waals surface area contributed by atoms with E-state index in [0.29, 0.717) is 6.42 Å². The number of carbonyl (C=O) groups is 2. The first kappa shape index (κ1) is 18.7. The first-order chi connectivity index (χ1) is 11.8. The Bertz CT molecular complexity index is 584. The molecule has 0 aromatic heterocycles. The second-order valence-corrected chi connectivity index (χ2v) is 7.96. The van der Waals surface area contributed by atoms with Crippen molar-refractivity contribution in [3.63, 3.8) is 0 Å². The first-order valence-corrected chi connectivity index (χ1v) is 9.34. The fourth-order valence-corrected chi connectivity index (χ4v) is 4.08. The maximum Gasteiger partial charge on any atom is 0.414 e. The van der Waals surface area contributed by atoms with E-state index in [0.717, 1.165) is 25.9 Å². The minimum absolute atomic E-state index is 0.128. The van der Waals surface area contributed by atoms with Gasteiger partial charge in [0.05, 0.1) is 23.9 Å². The number of hydrogen-bond acceptors (Lipinski definition) is 5. The Morgan fingerprint density at radius 3 is 2.72 bits per heavy atom. The van der Waals surface area contributed by atoms with Crippen LogP contribution < -0.4 is 5.32 Å². The summed E-state index contributed by atoms with van der Waals surface area (Å²) in [5.41, 5.74) is 0.907. The van der Waals surface area contributed by atoms with Gasteiger partial charge in [0.25, 0.3) is 0 Å². The zero-order valence-corrected chi connectivity index (χ0v) is 15.7. The van der Waals surface area contributed by atoms with Crippen LogP contribution in [-0.4, -0.2) is 47.9 Å². The van der Waals surface area contributed by atoms with E-state index in [9.17, 15) is 9.59 Å². The van der Waals surface area contributed by atoms with E-state index in [1.807, 2.05) is 0 Å². The van der Waals surface area contributed by atoms with Crippen molar-refractivity contribution in [1.82, 2.24) is 5.32 Å². The Morgan fingerprint density at radius 1 is 1.40 bits per heavy atom. The fourth-order valence-electron chi connectivity index (χ4n) is 4.01. The average Bonchev–Trinajstić information content (AvgIpc) is 3.45. The maximum absolute atomic E-state index is 11.8. The third-order valence-electron chi connectivity index (χ3n) is 5.59. The molecule has 0 aromatic carbocycles. The van der Waals surface area contributed by atoms with Crippen molar-refractivity contribution in [2.75, 3.05) is 12.5 Å². The lowest BCUT2D eigenvalue weighted by molar-refractivity contribution is -0.118. The lowest BCUT2D eigenvalue weighted by atomic mass is 9.70. The van der Waals surface area contributed by atoms with Gasteiger partial charge in [-0.25, -0.2) is 4.79 Å². The molecule has 6 nitrogen and oxygen atoms in total. The Kier molecular flexibility index (Phi) is 5.15. The first-order valence-electron chi connectivity index (χ1n) is 8.80. The molecular formula is C18H26ClNO5. The van der Waals surface area contributed by atoms with Gasteiger partial charge in [0.2, 0.25) is 5.91 Å². The van der Waals surface area contributed by atoms with Crippen molar-refractivity contribution in [3.8, 4) is 0 Å². The van der Waals surface area contributed by atoms with Gasteiger partial charge in [-0.05, 0) is 46.5 Å². The molecule has 3 rings (SSSR count). The summed E-state index contributed by atoms with van der Waals surface area (Å²) >= 11 is 5.39. The molecule has 140 valence electrons. The molecule has 2 amide bonds. The second kappa shape index (κ2) is 6.89. The maximum atomic E-state index is 11.8. The van der Waals surface area contributed by atoms with Crippen LogP contribution in [0.2, 0.25) is 0 Å². The van der Waals surface area contributed by atoms with Gasteiger partial charge in [-0.1, -0.05) is 11.6 Å². The molecule has 1 saturated carbocycles. The number of hydrogen-bond donors (Lipinski definition) is 1. The van der Waals surface area contributed by atoms with Crippen molar-refractivity contribution in [2.24, 2.45) is 5.92 Å². The summed E-state index contributed by atoms with van der Waals surface area (Å²) < 4.78 is 17.3. The number of amides is 2. The smallest absolute Gasteiger partial charge is 0.414 e. The lowest BCUT2D eigenvalue weighted by Crippen LogP contribution is -2.45. The number of ether oxygens (including phenoxy) is 3. The molecule has 1 spiro atoms. The van der Waals surface area contributed by atoms with Crippen LogP contribution in [0.3, 0.4) is 0 Å². The van der Waals surface area contributed by atoms with Crippen LogP contribution in [0.1, 0.15) is 46.5 Å². The van der Waals surface area contributed by atoms with E-state index in [4.69, 9.17) is 25.8 Å². The van der Waals surface area contributed by atoms with Gasteiger partial charge >= 0.3 is 6.09 Å². The van der Waals surface area contributed by atoms with Gasteiger partial charge in [-0.3, -0.25) is 10.1 Å². The van der Waals surface area contributed by atoms with Gasteiger partial charge in [-0.2, -0.15) is 0 Å². The SMILES string of the molecule is CC(C)=CC[C@H]1O[C@]1(C)[C@H]1C[C@H](OC(=O)NC(=O)CCl)CC[C@]12CO2. The Labute approximate surface area is 153 Å².